The first-order chi connectivity index (χ1) is 9.43. The number of thioether (sulfide) groups is 1. The first-order valence-electron chi connectivity index (χ1n) is 6.34. The van der Waals surface area contributed by atoms with Crippen molar-refractivity contribution in [2.45, 2.75) is 10.3 Å². The van der Waals surface area contributed by atoms with Crippen molar-refractivity contribution < 1.29 is 17.1 Å². The number of hydrogen-bond acceptors (Lipinski definition) is 2. The van der Waals surface area contributed by atoms with Gasteiger partial charge in [-0.2, -0.15) is 42.0 Å². The average molecular weight is 321 g/mol. The standard InChI is InChI=1S/C12H10NS.C5H5.Fe/c1-2-6-9(5-1)12-13-10-7-3-4-8-11(10)14-12;1-2-4-5-3-1;/h1-8,12-13H;1-5H;/q2*-1;+2. The Balaban J connectivity index is 0.000000210. The molecule has 1 aliphatic heterocycles. The van der Waals surface area contributed by atoms with Crippen LogP contribution in [0.1, 0.15) is 10.9 Å². The van der Waals surface area contributed by atoms with Gasteiger partial charge in [-0.1, -0.05) is 12.1 Å². The van der Waals surface area contributed by atoms with E-state index in [0.29, 0.717) is 5.37 Å². The van der Waals surface area contributed by atoms with Crippen LogP contribution in [0, 0.1) is 0 Å². The molecule has 0 saturated heterocycles. The third-order valence-corrected chi connectivity index (χ3v) is 4.20. The van der Waals surface area contributed by atoms with Crippen molar-refractivity contribution >= 4 is 17.4 Å². The SMILES string of the molecule is [Fe+2].c1cc[cH-]c1.c1ccc2c(c1)NC(c1cc[cH-]c1)S2. The molecule has 102 valence electrons. The zero-order valence-electron chi connectivity index (χ0n) is 10.8. The zero-order chi connectivity index (χ0) is 12.9. The van der Waals surface area contributed by atoms with Crippen LogP contribution in [0.4, 0.5) is 5.69 Å². The fourth-order valence-corrected chi connectivity index (χ4v) is 3.17. The van der Waals surface area contributed by atoms with Crippen LogP contribution in [0.5, 0.6) is 0 Å². The fourth-order valence-electron chi connectivity index (χ4n) is 2.02. The van der Waals surface area contributed by atoms with Crippen LogP contribution in [0.2, 0.25) is 0 Å². The van der Waals surface area contributed by atoms with Crippen LogP contribution in [0.15, 0.2) is 83.8 Å². The number of fused-ring (bicyclic) bond motifs is 1. The molecular formula is C17H15FeNS. The molecule has 20 heavy (non-hydrogen) atoms. The second-order valence-electron chi connectivity index (χ2n) is 4.32. The molecule has 0 fully saturated rings. The van der Waals surface area contributed by atoms with Crippen molar-refractivity contribution in [3.8, 4) is 0 Å². The Labute approximate surface area is 134 Å². The fraction of sp³-hybridized carbons (Fsp3) is 0.0588. The van der Waals surface area contributed by atoms with Crippen molar-refractivity contribution in [3.05, 3.63) is 84.4 Å². The van der Waals surface area contributed by atoms with Gasteiger partial charge in [0.05, 0.1) is 0 Å². The molecule has 1 nitrogen and oxygen atoms in total. The molecule has 0 bridgehead atoms. The summed E-state index contributed by atoms with van der Waals surface area (Å²) in [7, 11) is 0. The molecule has 0 spiro atoms. The van der Waals surface area contributed by atoms with Crippen LogP contribution < -0.4 is 5.32 Å². The van der Waals surface area contributed by atoms with E-state index < -0.39 is 0 Å². The van der Waals surface area contributed by atoms with Crippen molar-refractivity contribution in [3.63, 3.8) is 0 Å². The Hall–Kier alpha value is -1.41. The zero-order valence-corrected chi connectivity index (χ0v) is 12.8. The van der Waals surface area contributed by atoms with E-state index >= 15 is 0 Å². The van der Waals surface area contributed by atoms with Gasteiger partial charge in [0.15, 0.2) is 0 Å². The van der Waals surface area contributed by atoms with E-state index in [2.05, 4.69) is 53.8 Å². The van der Waals surface area contributed by atoms with Gasteiger partial charge in [-0.3, -0.25) is 0 Å². The maximum atomic E-state index is 3.50. The number of para-hydroxylation sites is 1. The summed E-state index contributed by atoms with van der Waals surface area (Å²) in [6.07, 6.45) is 0. The maximum absolute atomic E-state index is 3.50. The van der Waals surface area contributed by atoms with Crippen molar-refractivity contribution in [1.82, 2.24) is 0 Å². The molecule has 1 atom stereocenters. The van der Waals surface area contributed by atoms with E-state index in [4.69, 9.17) is 0 Å². The first kappa shape index (κ1) is 15.0. The van der Waals surface area contributed by atoms with Crippen LogP contribution in [-0.2, 0) is 17.1 Å². The molecule has 0 aromatic heterocycles. The minimum absolute atomic E-state index is 0. The largest absolute Gasteiger partial charge is 2.00 e. The predicted molar refractivity (Wildman–Crippen MR) is 82.7 cm³/mol. The quantitative estimate of drug-likeness (QED) is 0.499. The van der Waals surface area contributed by atoms with Gasteiger partial charge in [0.2, 0.25) is 0 Å². The molecule has 0 saturated carbocycles. The van der Waals surface area contributed by atoms with Crippen molar-refractivity contribution in [1.29, 1.82) is 0 Å². The summed E-state index contributed by atoms with van der Waals surface area (Å²) < 4.78 is 0. The average Bonchev–Trinajstić information content (AvgIpc) is 3.20. The number of nitrogens with one attached hydrogen (secondary N) is 1. The molecule has 1 N–H and O–H groups in total. The van der Waals surface area contributed by atoms with Gasteiger partial charge >= 0.3 is 17.1 Å². The normalized spacial score (nSPS) is 15.3. The van der Waals surface area contributed by atoms with E-state index in [1.165, 1.54) is 16.1 Å². The predicted octanol–water partition coefficient (Wildman–Crippen LogP) is 5.02. The summed E-state index contributed by atoms with van der Waals surface area (Å²) in [4.78, 5) is 1.35. The van der Waals surface area contributed by atoms with E-state index in [0.717, 1.165) is 0 Å². The first-order valence-corrected chi connectivity index (χ1v) is 7.22. The Morgan fingerprint density at radius 1 is 0.900 bits per heavy atom. The number of anilines is 1. The molecule has 4 rings (SSSR count). The third-order valence-electron chi connectivity index (χ3n) is 2.97. The summed E-state index contributed by atoms with van der Waals surface area (Å²) >= 11 is 1.88. The van der Waals surface area contributed by atoms with Crippen LogP contribution >= 0.6 is 11.8 Å². The van der Waals surface area contributed by atoms with E-state index in [1.807, 2.05) is 42.1 Å². The molecule has 1 aliphatic rings. The smallest absolute Gasteiger partial charge is 0.379 e. The van der Waals surface area contributed by atoms with Crippen molar-refractivity contribution in [2.75, 3.05) is 5.32 Å². The molecule has 3 aromatic carbocycles. The van der Waals surface area contributed by atoms with Crippen LogP contribution in [0.3, 0.4) is 0 Å². The molecule has 3 aromatic rings. The van der Waals surface area contributed by atoms with Crippen LogP contribution in [0.25, 0.3) is 0 Å². The Bertz CT molecular complexity index is 560. The van der Waals surface area contributed by atoms with E-state index in [9.17, 15) is 0 Å². The molecule has 0 aliphatic carbocycles. The van der Waals surface area contributed by atoms with Gasteiger partial charge in [-0.25, -0.2) is 18.2 Å². The molecule has 0 amide bonds. The summed E-state index contributed by atoms with van der Waals surface area (Å²) in [5.41, 5.74) is 2.61. The maximum Gasteiger partial charge on any atom is 2.00 e. The summed E-state index contributed by atoms with van der Waals surface area (Å²) in [5, 5.41) is 3.89. The number of benzene rings is 1. The van der Waals surface area contributed by atoms with Gasteiger partial charge in [0.25, 0.3) is 0 Å². The molecule has 1 unspecified atom stereocenters. The third kappa shape index (κ3) is 3.57. The van der Waals surface area contributed by atoms with Gasteiger partial charge in [-0.05, 0) is 12.1 Å². The van der Waals surface area contributed by atoms with E-state index in [1.54, 1.807) is 0 Å². The minimum Gasteiger partial charge on any atom is -0.379 e. The Morgan fingerprint density at radius 2 is 1.70 bits per heavy atom. The molecule has 1 heterocycles. The van der Waals surface area contributed by atoms with Crippen LogP contribution in [-0.4, -0.2) is 0 Å². The van der Waals surface area contributed by atoms with Gasteiger partial charge < -0.3 is 5.32 Å². The molecule has 0 radical (unpaired) electrons. The minimum atomic E-state index is 0. The number of rotatable bonds is 1. The number of hydrogen-bond donors (Lipinski definition) is 1. The molecule has 3 heteroatoms. The van der Waals surface area contributed by atoms with Gasteiger partial charge in [-0.15, -0.1) is 11.8 Å². The van der Waals surface area contributed by atoms with Crippen molar-refractivity contribution in [2.24, 2.45) is 0 Å². The second-order valence-corrected chi connectivity index (χ2v) is 5.47. The Kier molecular flexibility index (Phi) is 5.54. The second kappa shape index (κ2) is 7.39. The Morgan fingerprint density at radius 3 is 2.30 bits per heavy atom. The summed E-state index contributed by atoms with van der Waals surface area (Å²) in [5.74, 6) is 0. The summed E-state index contributed by atoms with van der Waals surface area (Å²) in [6.45, 7) is 0. The van der Waals surface area contributed by atoms with Gasteiger partial charge in [0.1, 0.15) is 0 Å². The topological polar surface area (TPSA) is 12.0 Å². The molecular weight excluding hydrogens is 306 g/mol. The van der Waals surface area contributed by atoms with E-state index in [-0.39, 0.29) is 17.1 Å². The van der Waals surface area contributed by atoms with Gasteiger partial charge in [0, 0.05) is 16.0 Å². The monoisotopic (exact) mass is 321 g/mol. The summed E-state index contributed by atoms with van der Waals surface area (Å²) in [6, 6.07) is 26.9.